The molecule has 3 nitrogen and oxygen atoms in total. The molecule has 24 heavy (non-hydrogen) atoms. The van der Waals surface area contributed by atoms with E-state index in [1.165, 1.54) is 11.1 Å². The molecule has 2 aromatic rings. The van der Waals surface area contributed by atoms with Gasteiger partial charge in [-0.05, 0) is 49.9 Å². The van der Waals surface area contributed by atoms with Gasteiger partial charge in [0.05, 0.1) is 12.3 Å². The molecule has 0 atom stereocenters. The summed E-state index contributed by atoms with van der Waals surface area (Å²) in [5, 5.41) is 0. The Morgan fingerprint density at radius 3 is 2.42 bits per heavy atom. The Kier molecular flexibility index (Phi) is 7.13. The maximum absolute atomic E-state index is 6.11. The van der Waals surface area contributed by atoms with E-state index in [1.54, 1.807) is 0 Å². The number of nitrogens with two attached hydrogens (primary N) is 1. The highest BCUT2D eigenvalue weighted by molar-refractivity contribution is 5.54. The number of rotatable bonds is 9. The molecule has 2 N–H and O–H groups in total. The van der Waals surface area contributed by atoms with Gasteiger partial charge in [0.15, 0.2) is 0 Å². The minimum atomic E-state index is 0.509. The molecular formula is C21H30N2O. The molecule has 0 saturated heterocycles. The second-order valence-corrected chi connectivity index (χ2v) is 6.52. The maximum atomic E-state index is 6.11. The minimum Gasteiger partial charge on any atom is -0.491 e. The Bertz CT molecular complexity index is 610. The van der Waals surface area contributed by atoms with Crippen LogP contribution in [-0.4, -0.2) is 24.1 Å². The summed E-state index contributed by atoms with van der Waals surface area (Å²) in [4.78, 5) is 2.49. The number of hydrogen-bond donors (Lipinski definition) is 1. The quantitative estimate of drug-likeness (QED) is 0.689. The van der Waals surface area contributed by atoms with Crippen LogP contribution in [0.3, 0.4) is 0 Å². The van der Waals surface area contributed by atoms with Crippen LogP contribution in [-0.2, 0) is 13.0 Å². The SMILES string of the molecule is CCCOc1ccc(CCN(Cc2ccccc2)C(C)C)cc1N. The Labute approximate surface area is 146 Å². The highest BCUT2D eigenvalue weighted by Crippen LogP contribution is 2.23. The van der Waals surface area contributed by atoms with E-state index in [4.69, 9.17) is 10.5 Å². The predicted molar refractivity (Wildman–Crippen MR) is 102 cm³/mol. The lowest BCUT2D eigenvalue weighted by molar-refractivity contribution is 0.215. The van der Waals surface area contributed by atoms with E-state index in [1.807, 2.05) is 12.1 Å². The van der Waals surface area contributed by atoms with Crippen molar-refractivity contribution in [3.63, 3.8) is 0 Å². The Balaban J connectivity index is 1.95. The number of nitrogens with zero attached hydrogens (tertiary/aromatic N) is 1. The van der Waals surface area contributed by atoms with Crippen molar-refractivity contribution >= 4 is 5.69 Å². The van der Waals surface area contributed by atoms with Crippen molar-refractivity contribution in [2.45, 2.75) is 46.2 Å². The van der Waals surface area contributed by atoms with Crippen LogP contribution in [0.4, 0.5) is 5.69 Å². The monoisotopic (exact) mass is 326 g/mol. The van der Waals surface area contributed by atoms with Crippen LogP contribution in [0.5, 0.6) is 5.75 Å². The number of benzene rings is 2. The van der Waals surface area contributed by atoms with Crippen molar-refractivity contribution in [3.05, 3.63) is 59.7 Å². The van der Waals surface area contributed by atoms with E-state index in [0.29, 0.717) is 12.6 Å². The summed E-state index contributed by atoms with van der Waals surface area (Å²) in [5.74, 6) is 0.797. The van der Waals surface area contributed by atoms with Crippen LogP contribution in [0, 0.1) is 0 Å². The molecule has 0 radical (unpaired) electrons. The second-order valence-electron chi connectivity index (χ2n) is 6.52. The fourth-order valence-electron chi connectivity index (χ4n) is 2.71. The lowest BCUT2D eigenvalue weighted by atomic mass is 10.1. The highest BCUT2D eigenvalue weighted by atomic mass is 16.5. The van der Waals surface area contributed by atoms with E-state index < -0.39 is 0 Å². The average molecular weight is 326 g/mol. The Morgan fingerprint density at radius 1 is 1.04 bits per heavy atom. The lowest BCUT2D eigenvalue weighted by Gasteiger charge is -2.26. The van der Waals surface area contributed by atoms with E-state index in [9.17, 15) is 0 Å². The molecule has 0 spiro atoms. The molecule has 0 aliphatic heterocycles. The second kappa shape index (κ2) is 9.33. The molecule has 0 saturated carbocycles. The molecule has 0 unspecified atom stereocenters. The third-order valence-electron chi connectivity index (χ3n) is 4.18. The van der Waals surface area contributed by atoms with Gasteiger partial charge in [0, 0.05) is 19.1 Å². The molecule has 0 fully saturated rings. The Hall–Kier alpha value is -2.00. The van der Waals surface area contributed by atoms with E-state index in [0.717, 1.165) is 37.4 Å². The zero-order valence-corrected chi connectivity index (χ0v) is 15.2. The molecule has 0 aliphatic rings. The van der Waals surface area contributed by atoms with Gasteiger partial charge in [-0.3, -0.25) is 4.90 Å². The number of hydrogen-bond acceptors (Lipinski definition) is 3. The van der Waals surface area contributed by atoms with Gasteiger partial charge in [-0.15, -0.1) is 0 Å². The molecule has 130 valence electrons. The molecule has 0 amide bonds. The zero-order valence-electron chi connectivity index (χ0n) is 15.2. The first kappa shape index (κ1) is 18.3. The van der Waals surface area contributed by atoms with Gasteiger partial charge in [-0.25, -0.2) is 0 Å². The standard InChI is InChI=1S/C21H30N2O/c1-4-14-24-21-11-10-18(15-20(21)22)12-13-23(17(2)3)16-19-8-6-5-7-9-19/h5-11,15,17H,4,12-14,16,22H2,1-3H3. The Morgan fingerprint density at radius 2 is 1.79 bits per heavy atom. The van der Waals surface area contributed by atoms with Crippen molar-refractivity contribution in [2.24, 2.45) is 0 Å². The molecule has 3 heteroatoms. The van der Waals surface area contributed by atoms with Crippen molar-refractivity contribution in [2.75, 3.05) is 18.9 Å². The highest BCUT2D eigenvalue weighted by Gasteiger charge is 2.11. The van der Waals surface area contributed by atoms with E-state index in [2.05, 4.69) is 62.1 Å². The van der Waals surface area contributed by atoms with Gasteiger partial charge in [-0.2, -0.15) is 0 Å². The van der Waals surface area contributed by atoms with Crippen molar-refractivity contribution < 1.29 is 4.74 Å². The van der Waals surface area contributed by atoms with E-state index in [-0.39, 0.29) is 0 Å². The molecule has 2 aromatic carbocycles. The van der Waals surface area contributed by atoms with Crippen LogP contribution < -0.4 is 10.5 Å². The van der Waals surface area contributed by atoms with Gasteiger partial charge in [0.1, 0.15) is 5.75 Å². The largest absolute Gasteiger partial charge is 0.491 e. The molecule has 0 aromatic heterocycles. The normalized spacial score (nSPS) is 11.2. The van der Waals surface area contributed by atoms with Crippen LogP contribution >= 0.6 is 0 Å². The molecular weight excluding hydrogens is 296 g/mol. The van der Waals surface area contributed by atoms with Gasteiger partial charge < -0.3 is 10.5 Å². The predicted octanol–water partition coefficient (Wildman–Crippen LogP) is 4.51. The molecule has 0 bridgehead atoms. The summed E-state index contributed by atoms with van der Waals surface area (Å²) in [6, 6.07) is 17.3. The first-order chi connectivity index (χ1) is 11.6. The topological polar surface area (TPSA) is 38.5 Å². The van der Waals surface area contributed by atoms with Crippen LogP contribution in [0.1, 0.15) is 38.3 Å². The molecule has 0 heterocycles. The third-order valence-corrected chi connectivity index (χ3v) is 4.18. The van der Waals surface area contributed by atoms with Crippen molar-refractivity contribution in [1.82, 2.24) is 4.90 Å². The lowest BCUT2D eigenvalue weighted by Crippen LogP contribution is -2.32. The minimum absolute atomic E-state index is 0.509. The van der Waals surface area contributed by atoms with Crippen LogP contribution in [0.15, 0.2) is 48.5 Å². The maximum Gasteiger partial charge on any atom is 0.142 e. The fourth-order valence-corrected chi connectivity index (χ4v) is 2.71. The summed E-state index contributed by atoms with van der Waals surface area (Å²) in [6.07, 6.45) is 1.98. The smallest absolute Gasteiger partial charge is 0.142 e. The van der Waals surface area contributed by atoms with Gasteiger partial charge in [0.25, 0.3) is 0 Å². The summed E-state index contributed by atoms with van der Waals surface area (Å²) in [6.45, 7) is 9.30. The van der Waals surface area contributed by atoms with Crippen molar-refractivity contribution in [1.29, 1.82) is 0 Å². The van der Waals surface area contributed by atoms with Crippen LogP contribution in [0.25, 0.3) is 0 Å². The number of ether oxygens (including phenoxy) is 1. The summed E-state index contributed by atoms with van der Waals surface area (Å²) in [7, 11) is 0. The van der Waals surface area contributed by atoms with Crippen molar-refractivity contribution in [3.8, 4) is 5.75 Å². The van der Waals surface area contributed by atoms with Crippen LogP contribution in [0.2, 0.25) is 0 Å². The average Bonchev–Trinajstić information content (AvgIpc) is 2.58. The zero-order chi connectivity index (χ0) is 17.4. The summed E-state index contributed by atoms with van der Waals surface area (Å²) in [5.41, 5.74) is 9.46. The first-order valence-electron chi connectivity index (χ1n) is 8.89. The fraction of sp³-hybridized carbons (Fsp3) is 0.429. The van der Waals surface area contributed by atoms with Gasteiger partial charge in [0.2, 0.25) is 0 Å². The molecule has 0 aliphatic carbocycles. The first-order valence-corrected chi connectivity index (χ1v) is 8.89. The third kappa shape index (κ3) is 5.57. The van der Waals surface area contributed by atoms with Gasteiger partial charge in [-0.1, -0.05) is 43.3 Å². The number of nitrogen functional groups attached to an aromatic ring is 1. The molecule has 2 rings (SSSR count). The van der Waals surface area contributed by atoms with Gasteiger partial charge >= 0.3 is 0 Å². The summed E-state index contributed by atoms with van der Waals surface area (Å²) < 4.78 is 5.65. The van der Waals surface area contributed by atoms with E-state index >= 15 is 0 Å². The summed E-state index contributed by atoms with van der Waals surface area (Å²) >= 11 is 0. The number of anilines is 1.